The largest absolute Gasteiger partial charge is 0.207 e. The molecule has 1 atom stereocenters. The molecule has 0 aliphatic heterocycles. The van der Waals surface area contributed by atoms with Gasteiger partial charge in [0.25, 0.3) is 0 Å². The van der Waals surface area contributed by atoms with Crippen molar-refractivity contribution in [1.82, 2.24) is 0 Å². The maximum atomic E-state index is 14.6. The van der Waals surface area contributed by atoms with Gasteiger partial charge in [0.05, 0.1) is 0 Å². The molecule has 2 aromatic rings. The summed E-state index contributed by atoms with van der Waals surface area (Å²) in [4.78, 5) is 0. The van der Waals surface area contributed by atoms with E-state index >= 15 is 0 Å². The van der Waals surface area contributed by atoms with Crippen LogP contribution in [0.25, 0.3) is 0 Å². The van der Waals surface area contributed by atoms with Crippen molar-refractivity contribution in [1.29, 1.82) is 0 Å². The highest BCUT2D eigenvalue weighted by molar-refractivity contribution is 5.38. The summed E-state index contributed by atoms with van der Waals surface area (Å²) in [7, 11) is 0. The first-order chi connectivity index (χ1) is 12.6. The zero-order chi connectivity index (χ0) is 18.5. The standard InChI is InChI=1S/C24H28F2/c1-3-5-7-17-9-10-20-16-21(12-11-19(20)13-17)24-22(25)14-18(8-6-4-2)15-23(24)26/h4,9-10,13-15,21H,2-3,5-8,11-12,16H2,1H3. The van der Waals surface area contributed by atoms with Gasteiger partial charge in [0.1, 0.15) is 11.6 Å². The van der Waals surface area contributed by atoms with Crippen LogP contribution in [0.3, 0.4) is 0 Å². The molecule has 0 spiro atoms. The Morgan fingerprint density at radius 1 is 1.04 bits per heavy atom. The maximum Gasteiger partial charge on any atom is 0.129 e. The lowest BCUT2D eigenvalue weighted by Gasteiger charge is -2.26. The van der Waals surface area contributed by atoms with Crippen molar-refractivity contribution in [2.24, 2.45) is 0 Å². The lowest BCUT2D eigenvalue weighted by Crippen LogP contribution is -2.16. The van der Waals surface area contributed by atoms with Crippen LogP contribution in [-0.2, 0) is 25.7 Å². The molecule has 0 amide bonds. The number of halogens is 2. The number of allylic oxidation sites excluding steroid dienone is 1. The van der Waals surface area contributed by atoms with E-state index in [4.69, 9.17) is 0 Å². The number of hydrogen-bond acceptors (Lipinski definition) is 0. The fraction of sp³-hybridized carbons (Fsp3) is 0.417. The molecule has 0 heterocycles. The van der Waals surface area contributed by atoms with E-state index in [0.717, 1.165) is 32.1 Å². The van der Waals surface area contributed by atoms with E-state index in [9.17, 15) is 8.78 Å². The molecule has 3 rings (SSSR count). The molecule has 0 radical (unpaired) electrons. The smallest absolute Gasteiger partial charge is 0.129 e. The van der Waals surface area contributed by atoms with Gasteiger partial charge in [0.15, 0.2) is 0 Å². The maximum absolute atomic E-state index is 14.6. The summed E-state index contributed by atoms with van der Waals surface area (Å²) in [6, 6.07) is 9.66. The number of benzene rings is 2. The van der Waals surface area contributed by atoms with Crippen LogP contribution < -0.4 is 0 Å². The van der Waals surface area contributed by atoms with Crippen molar-refractivity contribution in [2.75, 3.05) is 0 Å². The molecule has 0 bridgehead atoms. The van der Waals surface area contributed by atoms with E-state index in [0.29, 0.717) is 12.0 Å². The molecule has 2 heteroatoms. The van der Waals surface area contributed by atoms with Gasteiger partial charge in [0, 0.05) is 5.56 Å². The van der Waals surface area contributed by atoms with Gasteiger partial charge in [0.2, 0.25) is 0 Å². The van der Waals surface area contributed by atoms with Gasteiger partial charge >= 0.3 is 0 Å². The molecule has 1 unspecified atom stereocenters. The van der Waals surface area contributed by atoms with Crippen molar-refractivity contribution in [3.63, 3.8) is 0 Å². The molecule has 26 heavy (non-hydrogen) atoms. The molecule has 0 nitrogen and oxygen atoms in total. The van der Waals surface area contributed by atoms with Crippen molar-refractivity contribution in [2.45, 2.75) is 64.2 Å². The minimum Gasteiger partial charge on any atom is -0.207 e. The number of fused-ring (bicyclic) bond motifs is 1. The van der Waals surface area contributed by atoms with Crippen LogP contribution in [0, 0.1) is 11.6 Å². The van der Waals surface area contributed by atoms with E-state index in [1.807, 2.05) is 0 Å². The third-order valence-electron chi connectivity index (χ3n) is 5.50. The van der Waals surface area contributed by atoms with Gasteiger partial charge in [-0.05, 0) is 85.3 Å². The van der Waals surface area contributed by atoms with Crippen LogP contribution in [0.2, 0.25) is 0 Å². The van der Waals surface area contributed by atoms with Crippen LogP contribution in [-0.4, -0.2) is 0 Å². The van der Waals surface area contributed by atoms with Gasteiger partial charge in [-0.2, -0.15) is 0 Å². The second-order valence-electron chi connectivity index (χ2n) is 7.45. The van der Waals surface area contributed by atoms with Gasteiger partial charge in [-0.3, -0.25) is 0 Å². The first-order valence-electron chi connectivity index (χ1n) is 9.81. The Morgan fingerprint density at radius 2 is 1.81 bits per heavy atom. The highest BCUT2D eigenvalue weighted by Gasteiger charge is 2.26. The fourth-order valence-corrected chi connectivity index (χ4v) is 4.03. The summed E-state index contributed by atoms with van der Waals surface area (Å²) in [5, 5.41) is 0. The molecule has 0 saturated carbocycles. The predicted octanol–water partition coefficient (Wildman–Crippen LogP) is 6.70. The summed E-state index contributed by atoms with van der Waals surface area (Å²) >= 11 is 0. The Morgan fingerprint density at radius 3 is 2.50 bits per heavy atom. The van der Waals surface area contributed by atoms with Crippen LogP contribution in [0.1, 0.15) is 66.3 Å². The Labute approximate surface area is 156 Å². The van der Waals surface area contributed by atoms with E-state index in [1.165, 1.54) is 41.7 Å². The molecular weight excluding hydrogens is 326 g/mol. The molecule has 0 fully saturated rings. The van der Waals surface area contributed by atoms with Gasteiger partial charge in [-0.1, -0.05) is 37.6 Å². The third kappa shape index (κ3) is 4.23. The second kappa shape index (κ2) is 8.62. The van der Waals surface area contributed by atoms with Crippen LogP contribution >= 0.6 is 0 Å². The Bertz CT molecular complexity index is 753. The number of hydrogen-bond donors (Lipinski definition) is 0. The van der Waals surface area contributed by atoms with Crippen molar-refractivity contribution < 1.29 is 8.78 Å². The van der Waals surface area contributed by atoms with E-state index < -0.39 is 11.6 Å². The third-order valence-corrected chi connectivity index (χ3v) is 5.50. The van der Waals surface area contributed by atoms with E-state index in [2.05, 4.69) is 31.7 Å². The lowest BCUT2D eigenvalue weighted by molar-refractivity contribution is 0.489. The monoisotopic (exact) mass is 354 g/mol. The Balaban J connectivity index is 1.79. The van der Waals surface area contributed by atoms with E-state index in [1.54, 1.807) is 6.08 Å². The van der Waals surface area contributed by atoms with Gasteiger partial charge in [-0.25, -0.2) is 8.78 Å². The second-order valence-corrected chi connectivity index (χ2v) is 7.45. The molecule has 1 aliphatic carbocycles. The molecule has 0 N–H and O–H groups in total. The van der Waals surface area contributed by atoms with Crippen LogP contribution in [0.4, 0.5) is 8.78 Å². The first-order valence-corrected chi connectivity index (χ1v) is 9.81. The first kappa shape index (κ1) is 18.8. The quantitative estimate of drug-likeness (QED) is 0.485. The highest BCUT2D eigenvalue weighted by Crippen LogP contribution is 2.36. The van der Waals surface area contributed by atoms with Crippen LogP contribution in [0.15, 0.2) is 43.0 Å². The molecule has 0 saturated heterocycles. The van der Waals surface area contributed by atoms with Crippen molar-refractivity contribution in [3.05, 3.63) is 82.4 Å². The minimum absolute atomic E-state index is 0.0718. The van der Waals surface area contributed by atoms with Gasteiger partial charge < -0.3 is 0 Å². The van der Waals surface area contributed by atoms with Gasteiger partial charge in [-0.15, -0.1) is 6.58 Å². The Hall–Kier alpha value is -1.96. The fourth-order valence-electron chi connectivity index (χ4n) is 4.03. The number of unbranched alkanes of at least 4 members (excludes halogenated alkanes) is 1. The average Bonchev–Trinajstić information content (AvgIpc) is 2.64. The number of rotatable bonds is 7. The SMILES string of the molecule is C=CCCc1cc(F)c(C2CCc3cc(CCCC)ccc3C2)c(F)c1. The zero-order valence-corrected chi connectivity index (χ0v) is 15.7. The average molecular weight is 354 g/mol. The van der Waals surface area contributed by atoms with Crippen molar-refractivity contribution >= 4 is 0 Å². The van der Waals surface area contributed by atoms with E-state index in [-0.39, 0.29) is 11.5 Å². The summed E-state index contributed by atoms with van der Waals surface area (Å²) < 4.78 is 29.3. The summed E-state index contributed by atoms with van der Waals surface area (Å²) in [5.41, 5.74) is 4.97. The summed E-state index contributed by atoms with van der Waals surface area (Å²) in [5.74, 6) is -0.855. The minimum atomic E-state index is -0.392. The molecule has 0 aromatic heterocycles. The topological polar surface area (TPSA) is 0 Å². The Kier molecular flexibility index (Phi) is 6.24. The summed E-state index contributed by atoms with van der Waals surface area (Å²) in [6.45, 7) is 5.87. The lowest BCUT2D eigenvalue weighted by atomic mass is 9.79. The predicted molar refractivity (Wildman–Crippen MR) is 105 cm³/mol. The summed E-state index contributed by atoms with van der Waals surface area (Å²) in [6.07, 6.45) is 9.08. The van der Waals surface area contributed by atoms with Crippen molar-refractivity contribution in [3.8, 4) is 0 Å². The molecule has 2 aromatic carbocycles. The van der Waals surface area contributed by atoms with Crippen LogP contribution in [0.5, 0.6) is 0 Å². The zero-order valence-electron chi connectivity index (χ0n) is 15.7. The molecule has 138 valence electrons. The molecule has 1 aliphatic rings. The molecular formula is C24H28F2. The highest BCUT2D eigenvalue weighted by atomic mass is 19.1. The number of aryl methyl sites for hydroxylation is 3. The normalized spacial score (nSPS) is 16.3.